The van der Waals surface area contributed by atoms with Crippen molar-refractivity contribution in [2.45, 2.75) is 12.5 Å². The maximum Gasteiger partial charge on any atom is 0.119 e. The lowest BCUT2D eigenvalue weighted by atomic mass is 10.1. The van der Waals surface area contributed by atoms with Crippen LogP contribution in [-0.2, 0) is 6.42 Å². The summed E-state index contributed by atoms with van der Waals surface area (Å²) >= 11 is 3.61. The Hall–Kier alpha value is -1.78. The fourth-order valence-electron chi connectivity index (χ4n) is 2.23. The molecule has 0 amide bonds. The monoisotopic (exact) mass is 315 g/mol. The smallest absolute Gasteiger partial charge is 0.119 e. The van der Waals surface area contributed by atoms with Gasteiger partial charge in [0, 0.05) is 21.9 Å². The summed E-state index contributed by atoms with van der Waals surface area (Å²) in [6, 6.07) is 17.0. The molecule has 1 aromatic carbocycles. The third-order valence-electron chi connectivity index (χ3n) is 3.30. The third-order valence-corrected chi connectivity index (χ3v) is 5.19. The van der Waals surface area contributed by atoms with Crippen molar-refractivity contribution in [3.63, 3.8) is 0 Å². The maximum absolute atomic E-state index is 5.21. The van der Waals surface area contributed by atoms with E-state index in [1.165, 1.54) is 9.75 Å². The van der Waals surface area contributed by atoms with Crippen molar-refractivity contribution in [3.05, 3.63) is 69.0 Å². The molecule has 1 atom stereocenters. The summed E-state index contributed by atoms with van der Waals surface area (Å²) in [6.45, 7) is 0. The first kappa shape index (κ1) is 14.2. The standard InChI is InChI=1S/C17H17NOS2/c1-19-14-8-6-13(7-9-14)18-16(17-5-3-11-21-17)12-15-4-2-10-20-15/h2-11,16,18H,12H2,1H3. The molecule has 0 aliphatic carbocycles. The summed E-state index contributed by atoms with van der Waals surface area (Å²) in [5.74, 6) is 0.881. The van der Waals surface area contributed by atoms with Crippen molar-refractivity contribution in [2.24, 2.45) is 0 Å². The van der Waals surface area contributed by atoms with Gasteiger partial charge in [0.05, 0.1) is 13.2 Å². The Kier molecular flexibility index (Phi) is 4.58. The average Bonchev–Trinajstić information content (AvgIpc) is 3.21. The van der Waals surface area contributed by atoms with Gasteiger partial charge in [0.2, 0.25) is 0 Å². The van der Waals surface area contributed by atoms with Gasteiger partial charge in [-0.05, 0) is 47.2 Å². The normalized spacial score (nSPS) is 12.0. The molecular formula is C17H17NOS2. The number of methoxy groups -OCH3 is 1. The molecule has 2 aromatic heterocycles. The zero-order valence-corrected chi connectivity index (χ0v) is 13.4. The molecule has 2 heterocycles. The molecule has 3 rings (SSSR count). The molecule has 0 fully saturated rings. The number of thiophene rings is 2. The topological polar surface area (TPSA) is 21.3 Å². The van der Waals surface area contributed by atoms with Gasteiger partial charge in [0.1, 0.15) is 5.75 Å². The number of benzene rings is 1. The van der Waals surface area contributed by atoms with E-state index < -0.39 is 0 Å². The first-order chi connectivity index (χ1) is 10.3. The van der Waals surface area contributed by atoms with Crippen LogP contribution in [0, 0.1) is 0 Å². The summed E-state index contributed by atoms with van der Waals surface area (Å²) in [5, 5.41) is 7.90. The quantitative estimate of drug-likeness (QED) is 0.674. The van der Waals surface area contributed by atoms with Gasteiger partial charge in [-0.1, -0.05) is 12.1 Å². The first-order valence-corrected chi connectivity index (χ1v) is 8.57. The second-order valence-electron chi connectivity index (χ2n) is 4.72. The molecule has 0 saturated carbocycles. The third kappa shape index (κ3) is 3.65. The number of hydrogen-bond donors (Lipinski definition) is 1. The van der Waals surface area contributed by atoms with Gasteiger partial charge in [-0.2, -0.15) is 0 Å². The summed E-state index contributed by atoms with van der Waals surface area (Å²) < 4.78 is 5.21. The number of ether oxygens (including phenoxy) is 1. The molecule has 0 aliphatic rings. The number of hydrogen-bond acceptors (Lipinski definition) is 4. The average molecular weight is 315 g/mol. The van der Waals surface area contributed by atoms with Crippen LogP contribution < -0.4 is 10.1 Å². The number of nitrogens with one attached hydrogen (secondary N) is 1. The Labute approximate surface area is 133 Å². The fourth-order valence-corrected chi connectivity index (χ4v) is 3.76. The van der Waals surface area contributed by atoms with Crippen molar-refractivity contribution < 1.29 is 4.74 Å². The van der Waals surface area contributed by atoms with Crippen molar-refractivity contribution in [1.29, 1.82) is 0 Å². The highest BCUT2D eigenvalue weighted by Gasteiger charge is 2.14. The lowest BCUT2D eigenvalue weighted by Gasteiger charge is -2.18. The molecule has 1 unspecified atom stereocenters. The fraction of sp³-hybridized carbons (Fsp3) is 0.176. The molecule has 21 heavy (non-hydrogen) atoms. The zero-order chi connectivity index (χ0) is 14.5. The Balaban J connectivity index is 1.78. The van der Waals surface area contributed by atoms with Crippen LogP contribution in [0.25, 0.3) is 0 Å². The minimum Gasteiger partial charge on any atom is -0.497 e. The van der Waals surface area contributed by atoms with E-state index in [0.717, 1.165) is 17.9 Å². The SMILES string of the molecule is COc1ccc(NC(Cc2cccs2)c2cccs2)cc1. The van der Waals surface area contributed by atoms with Crippen LogP contribution in [0.5, 0.6) is 5.75 Å². The Morgan fingerprint density at radius 2 is 1.76 bits per heavy atom. The van der Waals surface area contributed by atoms with E-state index in [1.54, 1.807) is 18.4 Å². The maximum atomic E-state index is 5.21. The summed E-state index contributed by atoms with van der Waals surface area (Å²) in [5.41, 5.74) is 1.12. The molecule has 0 bridgehead atoms. The molecule has 0 radical (unpaired) electrons. The minimum atomic E-state index is 0.303. The molecule has 0 saturated heterocycles. The number of anilines is 1. The predicted octanol–water partition coefficient (Wildman–Crippen LogP) is 5.21. The van der Waals surface area contributed by atoms with Gasteiger partial charge in [-0.25, -0.2) is 0 Å². The summed E-state index contributed by atoms with van der Waals surface area (Å²) in [4.78, 5) is 2.76. The van der Waals surface area contributed by atoms with Gasteiger partial charge >= 0.3 is 0 Å². The van der Waals surface area contributed by atoms with Crippen LogP contribution in [0.2, 0.25) is 0 Å². The molecule has 0 aliphatic heterocycles. The highest BCUT2D eigenvalue weighted by molar-refractivity contribution is 7.10. The van der Waals surface area contributed by atoms with Crippen molar-refractivity contribution in [1.82, 2.24) is 0 Å². The van der Waals surface area contributed by atoms with Gasteiger partial charge in [0.25, 0.3) is 0 Å². The molecule has 3 aromatic rings. The second kappa shape index (κ2) is 6.78. The van der Waals surface area contributed by atoms with Crippen molar-refractivity contribution in [3.8, 4) is 5.75 Å². The van der Waals surface area contributed by atoms with Crippen molar-refractivity contribution in [2.75, 3.05) is 12.4 Å². The Bertz CT molecular complexity index is 645. The lowest BCUT2D eigenvalue weighted by molar-refractivity contribution is 0.415. The summed E-state index contributed by atoms with van der Waals surface area (Å²) in [7, 11) is 1.69. The summed E-state index contributed by atoms with van der Waals surface area (Å²) in [6.07, 6.45) is 1.00. The molecule has 0 spiro atoms. The van der Waals surface area contributed by atoms with E-state index >= 15 is 0 Å². The molecule has 1 N–H and O–H groups in total. The number of rotatable bonds is 6. The molecule has 4 heteroatoms. The molecule has 2 nitrogen and oxygen atoms in total. The van der Waals surface area contributed by atoms with E-state index in [2.05, 4.69) is 52.5 Å². The second-order valence-corrected chi connectivity index (χ2v) is 6.74. The van der Waals surface area contributed by atoms with Gasteiger partial charge < -0.3 is 10.1 Å². The molecular weight excluding hydrogens is 298 g/mol. The minimum absolute atomic E-state index is 0.303. The lowest BCUT2D eigenvalue weighted by Crippen LogP contribution is -2.11. The van der Waals surface area contributed by atoms with E-state index in [0.29, 0.717) is 6.04 Å². The van der Waals surface area contributed by atoms with Crippen LogP contribution in [-0.4, -0.2) is 7.11 Å². The van der Waals surface area contributed by atoms with E-state index in [1.807, 2.05) is 23.5 Å². The van der Waals surface area contributed by atoms with Crippen LogP contribution in [0.4, 0.5) is 5.69 Å². The first-order valence-electron chi connectivity index (χ1n) is 6.81. The van der Waals surface area contributed by atoms with Crippen molar-refractivity contribution >= 4 is 28.4 Å². The Morgan fingerprint density at radius 3 is 2.38 bits per heavy atom. The van der Waals surface area contributed by atoms with E-state index in [-0.39, 0.29) is 0 Å². The van der Waals surface area contributed by atoms with Gasteiger partial charge in [-0.3, -0.25) is 0 Å². The highest BCUT2D eigenvalue weighted by atomic mass is 32.1. The largest absolute Gasteiger partial charge is 0.497 e. The van der Waals surface area contributed by atoms with Crippen LogP contribution in [0.3, 0.4) is 0 Å². The van der Waals surface area contributed by atoms with Gasteiger partial charge in [-0.15, -0.1) is 22.7 Å². The van der Waals surface area contributed by atoms with Crippen LogP contribution in [0.1, 0.15) is 15.8 Å². The van der Waals surface area contributed by atoms with E-state index in [9.17, 15) is 0 Å². The zero-order valence-electron chi connectivity index (χ0n) is 11.8. The van der Waals surface area contributed by atoms with Crippen LogP contribution in [0.15, 0.2) is 59.3 Å². The van der Waals surface area contributed by atoms with Crippen LogP contribution >= 0.6 is 22.7 Å². The van der Waals surface area contributed by atoms with Gasteiger partial charge in [0.15, 0.2) is 0 Å². The Morgan fingerprint density at radius 1 is 1.00 bits per heavy atom. The highest BCUT2D eigenvalue weighted by Crippen LogP contribution is 2.29. The van der Waals surface area contributed by atoms with E-state index in [4.69, 9.17) is 4.74 Å². The molecule has 108 valence electrons. The predicted molar refractivity (Wildman–Crippen MR) is 91.7 cm³/mol.